The summed E-state index contributed by atoms with van der Waals surface area (Å²) in [6.45, 7) is 3.91. The molecular weight excluding hydrogens is 392 g/mol. The van der Waals surface area contributed by atoms with Gasteiger partial charge >= 0.3 is 5.97 Å². The van der Waals surface area contributed by atoms with E-state index < -0.39 is 5.97 Å². The van der Waals surface area contributed by atoms with Crippen molar-refractivity contribution in [3.05, 3.63) is 59.2 Å². The van der Waals surface area contributed by atoms with Gasteiger partial charge in [0.15, 0.2) is 5.13 Å². The molecule has 0 fully saturated rings. The second kappa shape index (κ2) is 9.65. The molecule has 0 saturated carbocycles. The van der Waals surface area contributed by atoms with E-state index in [0.29, 0.717) is 28.8 Å². The van der Waals surface area contributed by atoms with Gasteiger partial charge in [0.2, 0.25) is 5.91 Å². The lowest BCUT2D eigenvalue weighted by atomic mass is 10.2. The predicted molar refractivity (Wildman–Crippen MR) is 111 cm³/mol. The Morgan fingerprint density at radius 1 is 1.17 bits per heavy atom. The zero-order chi connectivity index (χ0) is 20.6. The highest BCUT2D eigenvalue weighted by molar-refractivity contribution is 7.13. The molecule has 9 heteroatoms. The van der Waals surface area contributed by atoms with Crippen molar-refractivity contribution in [3.63, 3.8) is 0 Å². The number of aromatic nitrogens is 2. The van der Waals surface area contributed by atoms with Crippen LogP contribution in [0.4, 0.5) is 16.6 Å². The van der Waals surface area contributed by atoms with Crippen LogP contribution in [0.3, 0.4) is 0 Å². The van der Waals surface area contributed by atoms with Crippen molar-refractivity contribution in [2.75, 3.05) is 17.2 Å². The quantitative estimate of drug-likeness (QED) is 0.539. The number of rotatable bonds is 8. The van der Waals surface area contributed by atoms with E-state index in [1.54, 1.807) is 23.7 Å². The topological polar surface area (TPSA) is 102 Å². The Hall–Kier alpha value is -3.46. The molecule has 1 aromatic carbocycles. The molecule has 3 aromatic rings. The van der Waals surface area contributed by atoms with Crippen LogP contribution in [0.2, 0.25) is 0 Å². The van der Waals surface area contributed by atoms with Gasteiger partial charge in [0.25, 0.3) is 0 Å². The molecular formula is C20H20N4O4S. The minimum absolute atomic E-state index is 0.00763. The lowest BCUT2D eigenvalue weighted by molar-refractivity contribution is -0.114. The maximum absolute atomic E-state index is 12.5. The van der Waals surface area contributed by atoms with E-state index in [-0.39, 0.29) is 12.5 Å². The second-order valence-corrected chi connectivity index (χ2v) is 6.74. The number of carbonyl (C=O) groups is 2. The minimum atomic E-state index is -0.527. The van der Waals surface area contributed by atoms with Crippen molar-refractivity contribution in [3.8, 4) is 5.75 Å². The highest BCUT2D eigenvalue weighted by Crippen LogP contribution is 2.22. The molecule has 2 heterocycles. The van der Waals surface area contributed by atoms with Crippen molar-refractivity contribution < 1.29 is 19.1 Å². The molecule has 0 saturated heterocycles. The van der Waals surface area contributed by atoms with Crippen molar-refractivity contribution in [1.29, 1.82) is 0 Å². The average Bonchev–Trinajstić information content (AvgIpc) is 3.15. The van der Waals surface area contributed by atoms with Gasteiger partial charge in [-0.3, -0.25) is 4.79 Å². The first-order valence-corrected chi connectivity index (χ1v) is 9.77. The van der Waals surface area contributed by atoms with E-state index in [1.807, 2.05) is 31.2 Å². The SMILES string of the molecule is CCOc1ccc(Nc2ncccc2C(=O)OCc2csc(NC(C)=O)n2)cc1. The van der Waals surface area contributed by atoms with Gasteiger partial charge in [0.05, 0.1) is 12.3 Å². The third-order valence-electron chi connectivity index (χ3n) is 3.64. The summed E-state index contributed by atoms with van der Waals surface area (Å²) in [5, 5.41) is 7.89. The molecule has 0 atom stereocenters. The van der Waals surface area contributed by atoms with E-state index in [9.17, 15) is 9.59 Å². The first kappa shape index (κ1) is 20.3. The van der Waals surface area contributed by atoms with Gasteiger partial charge in [-0.2, -0.15) is 0 Å². The van der Waals surface area contributed by atoms with Gasteiger partial charge < -0.3 is 20.1 Å². The summed E-state index contributed by atoms with van der Waals surface area (Å²) >= 11 is 1.27. The highest BCUT2D eigenvalue weighted by atomic mass is 32.1. The van der Waals surface area contributed by atoms with Crippen LogP contribution in [0, 0.1) is 0 Å². The Labute approximate surface area is 171 Å². The van der Waals surface area contributed by atoms with Crippen molar-refractivity contribution in [2.24, 2.45) is 0 Å². The molecule has 0 radical (unpaired) electrons. The molecule has 1 amide bonds. The summed E-state index contributed by atoms with van der Waals surface area (Å²) in [5.41, 5.74) is 1.62. The predicted octanol–water partition coefficient (Wildman–Crippen LogP) is 4.00. The summed E-state index contributed by atoms with van der Waals surface area (Å²) in [6.07, 6.45) is 1.59. The zero-order valence-electron chi connectivity index (χ0n) is 16.0. The molecule has 2 aromatic heterocycles. The van der Waals surface area contributed by atoms with Crippen LogP contribution in [0.25, 0.3) is 0 Å². The molecule has 3 rings (SSSR count). The molecule has 0 aliphatic heterocycles. The Morgan fingerprint density at radius 2 is 1.97 bits per heavy atom. The van der Waals surface area contributed by atoms with Crippen LogP contribution >= 0.6 is 11.3 Å². The molecule has 0 bridgehead atoms. The normalized spacial score (nSPS) is 10.3. The average molecular weight is 412 g/mol. The maximum atomic E-state index is 12.5. The molecule has 29 heavy (non-hydrogen) atoms. The monoisotopic (exact) mass is 412 g/mol. The summed E-state index contributed by atoms with van der Waals surface area (Å²) in [6, 6.07) is 10.7. The van der Waals surface area contributed by atoms with Crippen LogP contribution in [-0.2, 0) is 16.1 Å². The first-order chi connectivity index (χ1) is 14.0. The van der Waals surface area contributed by atoms with Crippen LogP contribution in [0.15, 0.2) is 48.0 Å². The number of hydrogen-bond acceptors (Lipinski definition) is 8. The van der Waals surface area contributed by atoms with Crippen LogP contribution in [0.1, 0.15) is 29.9 Å². The van der Waals surface area contributed by atoms with Crippen molar-refractivity contribution >= 4 is 39.9 Å². The van der Waals surface area contributed by atoms with Gasteiger partial charge in [-0.15, -0.1) is 11.3 Å². The number of amides is 1. The molecule has 0 aliphatic carbocycles. The number of nitrogens with zero attached hydrogens (tertiary/aromatic N) is 2. The fourth-order valence-corrected chi connectivity index (χ4v) is 3.15. The maximum Gasteiger partial charge on any atom is 0.342 e. The van der Waals surface area contributed by atoms with Gasteiger partial charge in [0.1, 0.15) is 23.7 Å². The third kappa shape index (κ3) is 5.76. The Morgan fingerprint density at radius 3 is 2.69 bits per heavy atom. The van der Waals surface area contributed by atoms with E-state index in [0.717, 1.165) is 11.4 Å². The summed E-state index contributed by atoms with van der Waals surface area (Å²) in [4.78, 5) is 32.0. The molecule has 0 aliphatic rings. The number of benzene rings is 1. The molecule has 150 valence electrons. The fraction of sp³-hybridized carbons (Fsp3) is 0.200. The van der Waals surface area contributed by atoms with Gasteiger partial charge in [0, 0.05) is 24.2 Å². The van der Waals surface area contributed by atoms with E-state index in [1.165, 1.54) is 18.3 Å². The van der Waals surface area contributed by atoms with Crippen LogP contribution in [-0.4, -0.2) is 28.5 Å². The molecule has 2 N–H and O–H groups in total. The minimum Gasteiger partial charge on any atom is -0.494 e. The Kier molecular flexibility index (Phi) is 6.75. The smallest absolute Gasteiger partial charge is 0.342 e. The summed E-state index contributed by atoms with van der Waals surface area (Å²) in [7, 11) is 0. The zero-order valence-corrected chi connectivity index (χ0v) is 16.8. The number of nitrogens with one attached hydrogen (secondary N) is 2. The lowest BCUT2D eigenvalue weighted by Crippen LogP contribution is -2.10. The van der Waals surface area contributed by atoms with Gasteiger partial charge in [-0.1, -0.05) is 0 Å². The highest BCUT2D eigenvalue weighted by Gasteiger charge is 2.15. The van der Waals surface area contributed by atoms with E-state index in [2.05, 4.69) is 20.6 Å². The first-order valence-electron chi connectivity index (χ1n) is 8.89. The number of esters is 1. The van der Waals surface area contributed by atoms with Crippen molar-refractivity contribution in [1.82, 2.24) is 9.97 Å². The second-order valence-electron chi connectivity index (χ2n) is 5.88. The molecule has 0 spiro atoms. The summed E-state index contributed by atoms with van der Waals surface area (Å²) in [5.74, 6) is 0.420. The fourth-order valence-electron chi connectivity index (χ4n) is 2.41. The largest absolute Gasteiger partial charge is 0.494 e. The molecule has 8 nitrogen and oxygen atoms in total. The molecule has 0 unspecified atom stereocenters. The number of thiazole rings is 1. The number of anilines is 3. The number of carbonyl (C=O) groups excluding carboxylic acids is 2. The number of hydrogen-bond donors (Lipinski definition) is 2. The van der Waals surface area contributed by atoms with E-state index in [4.69, 9.17) is 9.47 Å². The number of pyridine rings is 1. The van der Waals surface area contributed by atoms with Crippen LogP contribution < -0.4 is 15.4 Å². The lowest BCUT2D eigenvalue weighted by Gasteiger charge is -2.11. The number of ether oxygens (including phenoxy) is 2. The van der Waals surface area contributed by atoms with E-state index >= 15 is 0 Å². The Bertz CT molecular complexity index is 988. The summed E-state index contributed by atoms with van der Waals surface area (Å²) < 4.78 is 10.8. The van der Waals surface area contributed by atoms with Crippen molar-refractivity contribution in [2.45, 2.75) is 20.5 Å². The van der Waals surface area contributed by atoms with Gasteiger partial charge in [-0.05, 0) is 43.3 Å². The third-order valence-corrected chi connectivity index (χ3v) is 4.45. The Balaban J connectivity index is 1.65. The van der Waals surface area contributed by atoms with Crippen LogP contribution in [0.5, 0.6) is 5.75 Å². The standard InChI is InChI=1S/C20H20N4O4S/c1-3-27-16-8-6-14(7-9-16)23-18-17(5-4-10-21-18)19(26)28-11-15-12-29-20(24-15)22-13(2)25/h4-10,12H,3,11H2,1-2H3,(H,21,23)(H,22,24,25). The van der Waals surface area contributed by atoms with Gasteiger partial charge in [-0.25, -0.2) is 14.8 Å².